The molecular formula is C17H19F2NO4S. The number of ether oxygens (including phenoxy) is 2. The SMILES string of the molecule is CCN(Cc1ccc(OC)c(OC)c1)S(=O)(=O)c1cc(F)ccc1F. The van der Waals surface area contributed by atoms with Crippen molar-refractivity contribution in [1.29, 1.82) is 0 Å². The van der Waals surface area contributed by atoms with Crippen molar-refractivity contribution in [3.63, 3.8) is 0 Å². The predicted molar refractivity (Wildman–Crippen MR) is 89.2 cm³/mol. The number of hydrogen-bond donors (Lipinski definition) is 0. The lowest BCUT2D eigenvalue weighted by molar-refractivity contribution is 0.353. The third-order valence-corrected chi connectivity index (χ3v) is 5.61. The van der Waals surface area contributed by atoms with Crippen LogP contribution in [0.4, 0.5) is 8.78 Å². The van der Waals surface area contributed by atoms with Crippen LogP contribution in [0.5, 0.6) is 11.5 Å². The molecule has 5 nitrogen and oxygen atoms in total. The van der Waals surface area contributed by atoms with Gasteiger partial charge in [0.1, 0.15) is 16.5 Å². The lowest BCUT2D eigenvalue weighted by Gasteiger charge is -2.21. The van der Waals surface area contributed by atoms with Crippen molar-refractivity contribution in [3.8, 4) is 11.5 Å². The molecule has 2 aromatic carbocycles. The topological polar surface area (TPSA) is 55.8 Å². The van der Waals surface area contributed by atoms with Gasteiger partial charge in [0.05, 0.1) is 14.2 Å². The summed E-state index contributed by atoms with van der Waals surface area (Å²) in [6.45, 7) is 1.69. The van der Waals surface area contributed by atoms with E-state index in [4.69, 9.17) is 9.47 Å². The molecule has 0 aliphatic rings. The number of sulfonamides is 1. The van der Waals surface area contributed by atoms with Gasteiger partial charge in [-0.25, -0.2) is 17.2 Å². The van der Waals surface area contributed by atoms with Crippen LogP contribution in [-0.2, 0) is 16.6 Å². The fourth-order valence-electron chi connectivity index (χ4n) is 2.36. The average molecular weight is 371 g/mol. The number of hydrogen-bond acceptors (Lipinski definition) is 4. The van der Waals surface area contributed by atoms with Crippen molar-refractivity contribution < 1.29 is 26.7 Å². The fraction of sp³-hybridized carbons (Fsp3) is 0.294. The summed E-state index contributed by atoms with van der Waals surface area (Å²) in [6.07, 6.45) is 0. The van der Waals surface area contributed by atoms with Gasteiger partial charge in [-0.1, -0.05) is 13.0 Å². The van der Waals surface area contributed by atoms with Gasteiger partial charge < -0.3 is 9.47 Å². The van der Waals surface area contributed by atoms with Gasteiger partial charge in [-0.3, -0.25) is 0 Å². The van der Waals surface area contributed by atoms with Crippen LogP contribution in [0.2, 0.25) is 0 Å². The molecule has 136 valence electrons. The van der Waals surface area contributed by atoms with E-state index in [9.17, 15) is 17.2 Å². The summed E-state index contributed by atoms with van der Waals surface area (Å²) < 4.78 is 64.0. The first-order valence-electron chi connectivity index (χ1n) is 7.49. The molecule has 0 unspecified atom stereocenters. The number of benzene rings is 2. The van der Waals surface area contributed by atoms with Crippen molar-refractivity contribution in [2.24, 2.45) is 0 Å². The van der Waals surface area contributed by atoms with Crippen molar-refractivity contribution in [2.75, 3.05) is 20.8 Å². The Hall–Kier alpha value is -2.19. The molecule has 2 aromatic rings. The molecule has 2 rings (SSSR count). The van der Waals surface area contributed by atoms with Crippen LogP contribution < -0.4 is 9.47 Å². The van der Waals surface area contributed by atoms with Crippen LogP contribution in [-0.4, -0.2) is 33.5 Å². The van der Waals surface area contributed by atoms with Crippen LogP contribution in [0.3, 0.4) is 0 Å². The van der Waals surface area contributed by atoms with Gasteiger partial charge in [0.2, 0.25) is 10.0 Å². The van der Waals surface area contributed by atoms with Gasteiger partial charge in [-0.15, -0.1) is 0 Å². The number of methoxy groups -OCH3 is 2. The Morgan fingerprint density at radius 1 is 1.00 bits per heavy atom. The predicted octanol–water partition coefficient (Wildman–Crippen LogP) is 3.19. The molecule has 0 atom stereocenters. The molecule has 0 aromatic heterocycles. The summed E-state index contributed by atoms with van der Waals surface area (Å²) in [4.78, 5) is -0.685. The molecule has 0 radical (unpaired) electrons. The zero-order valence-corrected chi connectivity index (χ0v) is 14.9. The highest BCUT2D eigenvalue weighted by molar-refractivity contribution is 7.89. The van der Waals surface area contributed by atoms with E-state index in [-0.39, 0.29) is 13.1 Å². The van der Waals surface area contributed by atoms with Gasteiger partial charge in [0.25, 0.3) is 0 Å². The molecule has 0 amide bonds. The zero-order valence-electron chi connectivity index (χ0n) is 14.1. The Kier molecular flexibility index (Phi) is 5.97. The van der Waals surface area contributed by atoms with E-state index in [0.717, 1.165) is 16.4 Å². The van der Waals surface area contributed by atoms with Crippen molar-refractivity contribution in [2.45, 2.75) is 18.4 Å². The van der Waals surface area contributed by atoms with Crippen LogP contribution in [0.1, 0.15) is 12.5 Å². The molecule has 25 heavy (non-hydrogen) atoms. The minimum absolute atomic E-state index is 0.0187. The molecule has 0 fully saturated rings. The van der Waals surface area contributed by atoms with Gasteiger partial charge in [-0.05, 0) is 35.9 Å². The summed E-state index contributed by atoms with van der Waals surface area (Å²) >= 11 is 0. The highest BCUT2D eigenvalue weighted by atomic mass is 32.2. The lowest BCUT2D eigenvalue weighted by Crippen LogP contribution is -2.31. The van der Waals surface area contributed by atoms with Crippen LogP contribution in [0.25, 0.3) is 0 Å². The monoisotopic (exact) mass is 371 g/mol. The van der Waals surface area contributed by atoms with Gasteiger partial charge in [0, 0.05) is 13.1 Å². The quantitative estimate of drug-likeness (QED) is 0.750. The minimum atomic E-state index is -4.19. The second-order valence-corrected chi connectivity index (χ2v) is 7.10. The molecule has 0 aliphatic carbocycles. The number of nitrogens with zero attached hydrogens (tertiary/aromatic N) is 1. The highest BCUT2D eigenvalue weighted by Crippen LogP contribution is 2.29. The first kappa shape index (κ1) is 19.1. The third kappa shape index (κ3) is 4.08. The van der Waals surface area contributed by atoms with E-state index in [2.05, 4.69) is 0 Å². The molecule has 0 saturated heterocycles. The zero-order chi connectivity index (χ0) is 18.6. The standard InChI is InChI=1S/C17H19F2NO4S/c1-4-20(11-12-5-8-15(23-2)16(9-12)24-3)25(21,22)17-10-13(18)6-7-14(17)19/h5-10H,4,11H2,1-3H3. The van der Waals surface area contributed by atoms with Crippen LogP contribution >= 0.6 is 0 Å². The Bertz CT molecular complexity index is 856. The number of halogens is 2. The van der Waals surface area contributed by atoms with Gasteiger partial charge in [0.15, 0.2) is 11.5 Å². The van der Waals surface area contributed by atoms with Crippen LogP contribution in [0, 0.1) is 11.6 Å². The molecule has 0 spiro atoms. The first-order chi connectivity index (χ1) is 11.8. The van der Waals surface area contributed by atoms with Gasteiger partial charge >= 0.3 is 0 Å². The molecular weight excluding hydrogens is 352 g/mol. The second kappa shape index (κ2) is 7.79. The van der Waals surface area contributed by atoms with Crippen molar-refractivity contribution in [3.05, 3.63) is 53.6 Å². The highest BCUT2D eigenvalue weighted by Gasteiger charge is 2.27. The second-order valence-electron chi connectivity index (χ2n) is 5.20. The first-order valence-corrected chi connectivity index (χ1v) is 8.93. The summed E-state index contributed by atoms with van der Waals surface area (Å²) in [6, 6.07) is 7.32. The summed E-state index contributed by atoms with van der Waals surface area (Å²) in [5.74, 6) is -0.854. The Labute approximate surface area is 145 Å². The Morgan fingerprint density at radius 2 is 1.68 bits per heavy atom. The Balaban J connectivity index is 2.38. The average Bonchev–Trinajstić information content (AvgIpc) is 2.61. The van der Waals surface area contributed by atoms with Crippen LogP contribution in [0.15, 0.2) is 41.3 Å². The van der Waals surface area contributed by atoms with Gasteiger partial charge in [-0.2, -0.15) is 4.31 Å². The summed E-state index contributed by atoms with van der Waals surface area (Å²) in [7, 11) is -1.23. The summed E-state index contributed by atoms with van der Waals surface area (Å²) in [5, 5.41) is 0. The molecule has 0 saturated carbocycles. The smallest absolute Gasteiger partial charge is 0.246 e. The maximum Gasteiger partial charge on any atom is 0.246 e. The van der Waals surface area contributed by atoms with E-state index in [1.165, 1.54) is 14.2 Å². The largest absolute Gasteiger partial charge is 0.493 e. The fourth-order valence-corrected chi connectivity index (χ4v) is 3.88. The van der Waals surface area contributed by atoms with E-state index in [1.54, 1.807) is 25.1 Å². The maximum absolute atomic E-state index is 13.9. The molecule has 0 N–H and O–H groups in total. The minimum Gasteiger partial charge on any atom is -0.493 e. The molecule has 8 heteroatoms. The maximum atomic E-state index is 13.9. The van der Waals surface area contributed by atoms with E-state index in [1.807, 2.05) is 0 Å². The Morgan fingerprint density at radius 3 is 2.28 bits per heavy atom. The lowest BCUT2D eigenvalue weighted by atomic mass is 10.2. The van der Waals surface area contributed by atoms with Crippen molar-refractivity contribution >= 4 is 10.0 Å². The molecule has 0 bridgehead atoms. The number of rotatable bonds is 7. The summed E-state index contributed by atoms with van der Waals surface area (Å²) in [5.41, 5.74) is 0.625. The van der Waals surface area contributed by atoms with E-state index in [0.29, 0.717) is 23.1 Å². The van der Waals surface area contributed by atoms with E-state index >= 15 is 0 Å². The molecule has 0 aliphatic heterocycles. The third-order valence-electron chi connectivity index (χ3n) is 3.67. The van der Waals surface area contributed by atoms with Crippen molar-refractivity contribution in [1.82, 2.24) is 4.31 Å². The molecule has 0 heterocycles. The normalized spacial score (nSPS) is 11.6. The van der Waals surface area contributed by atoms with E-state index < -0.39 is 26.6 Å².